The van der Waals surface area contributed by atoms with Crippen molar-refractivity contribution in [3.8, 4) is 5.75 Å². The minimum absolute atomic E-state index is 0.0202. The Bertz CT molecular complexity index is 540. The first-order valence-corrected chi connectivity index (χ1v) is 6.32. The fourth-order valence-electron chi connectivity index (χ4n) is 1.49. The number of phenolic OH excluding ortho intramolecular Hbond substituents is 1. The van der Waals surface area contributed by atoms with Gasteiger partial charge in [-0.05, 0) is 22.9 Å². The highest BCUT2D eigenvalue weighted by atomic mass is 79.9. The van der Waals surface area contributed by atoms with Crippen molar-refractivity contribution in [3.63, 3.8) is 0 Å². The van der Waals surface area contributed by atoms with Crippen LogP contribution in [0.5, 0.6) is 5.75 Å². The van der Waals surface area contributed by atoms with E-state index in [1.54, 1.807) is 0 Å². The van der Waals surface area contributed by atoms with Crippen LogP contribution in [0, 0.1) is 10.1 Å². The summed E-state index contributed by atoms with van der Waals surface area (Å²) in [6.45, 7) is 1.47. The Morgan fingerprint density at radius 1 is 1.65 bits per heavy atom. The molecular weight excluding hydrogens is 339 g/mol. The number of hydrogen-bond donors (Lipinski definition) is 2. The molecule has 2 atom stereocenters. The van der Waals surface area contributed by atoms with Gasteiger partial charge < -0.3 is 15.6 Å². The number of carbonyl (C=O) groups excluding carboxylic acids is 1. The van der Waals surface area contributed by atoms with E-state index >= 15 is 0 Å². The molecule has 9 heteroatoms. The van der Waals surface area contributed by atoms with Crippen molar-refractivity contribution < 1.29 is 24.0 Å². The topological polar surface area (TPSA) is 116 Å². The van der Waals surface area contributed by atoms with E-state index in [9.17, 15) is 24.4 Å². The molecule has 0 aliphatic rings. The molecule has 1 rings (SSSR count). The third kappa shape index (κ3) is 3.42. The Morgan fingerprint density at radius 3 is 2.75 bits per heavy atom. The highest BCUT2D eigenvalue weighted by Crippen LogP contribution is 2.36. The van der Waals surface area contributed by atoms with Gasteiger partial charge in [0, 0.05) is 17.7 Å². The molecule has 0 amide bonds. The molecule has 0 aliphatic heterocycles. The minimum atomic E-state index is -2.24. The average Bonchev–Trinajstić information content (AvgIpc) is 2.40. The molecule has 1 unspecified atom stereocenters. The second-order valence-electron chi connectivity index (χ2n) is 3.80. The van der Waals surface area contributed by atoms with Gasteiger partial charge >= 0.3 is 5.97 Å². The summed E-state index contributed by atoms with van der Waals surface area (Å²) in [6, 6.07) is 0.380. The van der Waals surface area contributed by atoms with Gasteiger partial charge in [-0.1, -0.05) is 0 Å². The summed E-state index contributed by atoms with van der Waals surface area (Å²) < 4.78 is 18.3. The third-order valence-electron chi connectivity index (χ3n) is 2.47. The van der Waals surface area contributed by atoms with E-state index in [0.717, 1.165) is 12.1 Å². The second-order valence-corrected chi connectivity index (χ2v) is 4.66. The van der Waals surface area contributed by atoms with Crippen LogP contribution in [0.2, 0.25) is 0 Å². The molecule has 1 aromatic carbocycles. The first-order chi connectivity index (χ1) is 9.29. The van der Waals surface area contributed by atoms with Crippen molar-refractivity contribution in [2.45, 2.75) is 19.1 Å². The lowest BCUT2D eigenvalue weighted by atomic mass is 10.0. The average molecular weight is 351 g/mol. The molecular formula is C11H12BrFN2O5. The van der Waals surface area contributed by atoms with Crippen LogP contribution in [0.4, 0.5) is 10.1 Å². The summed E-state index contributed by atoms with van der Waals surface area (Å²) in [5.74, 6) is -1.66. The predicted octanol–water partition coefficient (Wildman–Crippen LogP) is 1.96. The van der Waals surface area contributed by atoms with Crippen LogP contribution < -0.4 is 5.73 Å². The van der Waals surface area contributed by atoms with Crippen molar-refractivity contribution in [1.82, 2.24) is 0 Å². The van der Waals surface area contributed by atoms with E-state index in [-0.39, 0.29) is 16.6 Å². The minimum Gasteiger partial charge on any atom is -0.506 e. The number of nitrogens with zero attached hydrogens (tertiary/aromatic N) is 1. The third-order valence-corrected chi connectivity index (χ3v) is 3.08. The van der Waals surface area contributed by atoms with Gasteiger partial charge in [0.2, 0.25) is 6.17 Å². The number of nitrogens with two attached hydrogens (primary N) is 1. The lowest BCUT2D eigenvalue weighted by Gasteiger charge is -2.17. The SMILES string of the molecule is CCOC(=O)C(F)[C@@H](N)c1cc([N+](=O)[O-])cc(Br)c1O. The number of nitro benzene ring substituents is 1. The second kappa shape index (κ2) is 6.62. The highest BCUT2D eigenvalue weighted by molar-refractivity contribution is 9.10. The number of carbonyl (C=O) groups is 1. The largest absolute Gasteiger partial charge is 0.506 e. The standard InChI is InChI=1S/C11H12BrFN2O5/c1-2-20-11(17)8(13)9(14)6-3-5(15(18)19)4-7(12)10(6)16/h3-4,8-9,16H,2,14H2,1H3/t8?,9-/m0/s1. The highest BCUT2D eigenvalue weighted by Gasteiger charge is 2.31. The number of esters is 1. The van der Waals surface area contributed by atoms with E-state index in [4.69, 9.17) is 5.73 Å². The number of non-ortho nitro benzene ring substituents is 1. The molecule has 0 heterocycles. The summed E-state index contributed by atoms with van der Waals surface area (Å²) in [5, 5.41) is 20.5. The van der Waals surface area contributed by atoms with Gasteiger partial charge in [-0.3, -0.25) is 10.1 Å². The van der Waals surface area contributed by atoms with Crippen LogP contribution in [0.25, 0.3) is 0 Å². The molecule has 3 N–H and O–H groups in total. The fourth-order valence-corrected chi connectivity index (χ4v) is 1.95. The molecule has 0 fully saturated rings. The van der Waals surface area contributed by atoms with Gasteiger partial charge in [-0.15, -0.1) is 0 Å². The van der Waals surface area contributed by atoms with Crippen molar-refractivity contribution in [2.75, 3.05) is 6.61 Å². The first-order valence-electron chi connectivity index (χ1n) is 5.52. The summed E-state index contributed by atoms with van der Waals surface area (Å²) in [7, 11) is 0. The zero-order valence-electron chi connectivity index (χ0n) is 10.4. The maximum Gasteiger partial charge on any atom is 0.342 e. The molecule has 0 radical (unpaired) electrons. The van der Waals surface area contributed by atoms with Gasteiger partial charge in [0.1, 0.15) is 5.75 Å². The number of nitro groups is 1. The lowest BCUT2D eigenvalue weighted by Crippen LogP contribution is -2.31. The monoisotopic (exact) mass is 350 g/mol. The van der Waals surface area contributed by atoms with Crippen LogP contribution in [-0.4, -0.2) is 28.8 Å². The van der Waals surface area contributed by atoms with E-state index in [1.165, 1.54) is 6.92 Å². The normalized spacial score (nSPS) is 13.6. The molecule has 0 aromatic heterocycles. The molecule has 7 nitrogen and oxygen atoms in total. The van der Waals surface area contributed by atoms with Crippen molar-refractivity contribution >= 4 is 27.6 Å². The Hall–Kier alpha value is -1.74. The van der Waals surface area contributed by atoms with Crippen molar-refractivity contribution in [2.24, 2.45) is 5.73 Å². The van der Waals surface area contributed by atoms with E-state index < -0.39 is 34.5 Å². The molecule has 0 aliphatic carbocycles. The summed E-state index contributed by atoms with van der Waals surface area (Å²) in [4.78, 5) is 21.3. The molecule has 1 aromatic rings. The van der Waals surface area contributed by atoms with Gasteiger partial charge in [-0.2, -0.15) is 0 Å². The molecule has 0 bridgehead atoms. The lowest BCUT2D eigenvalue weighted by molar-refractivity contribution is -0.385. The summed E-state index contributed by atoms with van der Waals surface area (Å²) in [5.41, 5.74) is 4.88. The molecule has 0 saturated heterocycles. The number of alkyl halides is 1. The maximum absolute atomic E-state index is 13.8. The zero-order chi connectivity index (χ0) is 15.4. The fraction of sp³-hybridized carbons (Fsp3) is 0.364. The Morgan fingerprint density at radius 2 is 2.25 bits per heavy atom. The van der Waals surface area contributed by atoms with Crippen LogP contribution in [0.3, 0.4) is 0 Å². The van der Waals surface area contributed by atoms with Crippen LogP contribution in [0.15, 0.2) is 16.6 Å². The van der Waals surface area contributed by atoms with E-state index in [1.807, 2.05) is 0 Å². The summed E-state index contributed by atoms with van der Waals surface area (Å²) >= 11 is 2.90. The number of ether oxygens (including phenoxy) is 1. The number of phenols is 1. The van der Waals surface area contributed by atoms with Crippen molar-refractivity contribution in [3.05, 3.63) is 32.3 Å². The predicted molar refractivity (Wildman–Crippen MR) is 70.9 cm³/mol. The van der Waals surface area contributed by atoms with E-state index in [2.05, 4.69) is 20.7 Å². The van der Waals surface area contributed by atoms with Crippen LogP contribution >= 0.6 is 15.9 Å². The quantitative estimate of drug-likeness (QED) is 0.476. The molecule has 110 valence electrons. The number of rotatable bonds is 5. The van der Waals surface area contributed by atoms with Crippen molar-refractivity contribution in [1.29, 1.82) is 0 Å². The van der Waals surface area contributed by atoms with Gasteiger partial charge in [0.15, 0.2) is 0 Å². The molecule has 0 saturated carbocycles. The molecule has 20 heavy (non-hydrogen) atoms. The van der Waals surface area contributed by atoms with Gasteiger partial charge in [0.05, 0.1) is 22.0 Å². The number of halogens is 2. The maximum atomic E-state index is 13.8. The Kier molecular flexibility index (Phi) is 5.40. The number of hydrogen-bond acceptors (Lipinski definition) is 6. The summed E-state index contributed by atoms with van der Waals surface area (Å²) in [6.07, 6.45) is -2.24. The van der Waals surface area contributed by atoms with Crippen LogP contribution in [-0.2, 0) is 9.53 Å². The van der Waals surface area contributed by atoms with Gasteiger partial charge in [0.25, 0.3) is 5.69 Å². The number of benzene rings is 1. The smallest absolute Gasteiger partial charge is 0.342 e. The van der Waals surface area contributed by atoms with Gasteiger partial charge in [-0.25, -0.2) is 9.18 Å². The zero-order valence-corrected chi connectivity index (χ0v) is 12.0. The van der Waals surface area contributed by atoms with Crippen LogP contribution in [0.1, 0.15) is 18.5 Å². The first kappa shape index (κ1) is 16.3. The Labute approximate surface area is 121 Å². The van der Waals surface area contributed by atoms with E-state index in [0.29, 0.717) is 0 Å². The number of aromatic hydroxyl groups is 1. The molecule has 0 spiro atoms. The Balaban J connectivity index is 3.17.